The van der Waals surface area contributed by atoms with Crippen molar-refractivity contribution in [3.8, 4) is 67.5 Å². The van der Waals surface area contributed by atoms with Crippen LogP contribution in [0.4, 0.5) is 0 Å². The summed E-state index contributed by atoms with van der Waals surface area (Å²) in [4.78, 5) is 0. The van der Waals surface area contributed by atoms with Gasteiger partial charge in [0.05, 0.1) is 5.56 Å². The Labute approximate surface area is 386 Å². The van der Waals surface area contributed by atoms with Crippen molar-refractivity contribution >= 4 is 11.0 Å². The van der Waals surface area contributed by atoms with Crippen molar-refractivity contribution in [1.29, 1.82) is 0 Å². The Morgan fingerprint density at radius 3 is 1.98 bits per heavy atom. The van der Waals surface area contributed by atoms with Crippen LogP contribution in [-0.2, 0) is 23.1 Å². The number of pyridine rings is 1. The van der Waals surface area contributed by atoms with Crippen molar-refractivity contribution in [2.45, 2.75) is 118 Å². The molecule has 1 spiro atoms. The van der Waals surface area contributed by atoms with Crippen LogP contribution in [-0.4, -0.2) is 4.57 Å². The molecule has 0 radical (unpaired) electrons. The first-order chi connectivity index (χ1) is 31.0. The highest BCUT2D eigenvalue weighted by molar-refractivity contribution is 5.98. The van der Waals surface area contributed by atoms with E-state index in [1.807, 2.05) is 0 Å². The van der Waals surface area contributed by atoms with E-state index in [9.17, 15) is 0 Å². The van der Waals surface area contributed by atoms with E-state index in [-0.39, 0.29) is 16.7 Å². The number of nitrogens with zero attached hydrogens (tertiary/aromatic N) is 3. The molecule has 0 bridgehead atoms. The number of hydrogen-bond acceptors (Lipinski definition) is 1. The zero-order chi connectivity index (χ0) is 45.5. The summed E-state index contributed by atoms with van der Waals surface area (Å²) in [5.74, 6) is 2.16. The van der Waals surface area contributed by atoms with Crippen molar-refractivity contribution in [3.05, 3.63) is 167 Å². The van der Waals surface area contributed by atoms with Crippen molar-refractivity contribution in [2.24, 2.45) is 5.92 Å². The first-order valence-electron chi connectivity index (χ1n) is 24.0. The highest BCUT2D eigenvalue weighted by atomic mass is 16.5. The summed E-state index contributed by atoms with van der Waals surface area (Å²) >= 11 is 0. The van der Waals surface area contributed by atoms with Crippen LogP contribution in [0, 0.1) is 5.92 Å². The van der Waals surface area contributed by atoms with Crippen LogP contribution in [0.15, 0.2) is 134 Å². The summed E-state index contributed by atoms with van der Waals surface area (Å²) in [6.07, 6.45) is 3.29. The summed E-state index contributed by atoms with van der Waals surface area (Å²) in [5, 5.41) is 0. The van der Waals surface area contributed by atoms with Crippen molar-refractivity contribution < 1.29 is 13.9 Å². The molecule has 326 valence electrons. The lowest BCUT2D eigenvalue weighted by molar-refractivity contribution is -0.997. The standard InChI is InChI=1S/C61H63N3O/c1-36(2)29-43-30-46(25-26-47(43)40-17-14-13-15-18-40)63-53-20-16-19-48-50-34-45(60(10,11)12)35-51-54-33-41(39-21-23-44(24-22-39)59(7,8)9)27-28-62(54)61(55(50)51)64(56(48)53)58(63)52-32-42(37(3)4)31-49(38(5)6)57(52)65-61/h13-28,30-38H,29H2,1-12H3/q+2. The molecular formula is C61H63N3O+2. The fourth-order valence-corrected chi connectivity index (χ4v) is 11.0. The van der Waals surface area contributed by atoms with Gasteiger partial charge in [0.1, 0.15) is 16.8 Å². The molecule has 4 nitrogen and oxygen atoms in total. The SMILES string of the molecule is CC(C)Cc1cc(-n2c3[n+]4c5c(cccc52)-c2cc(C(C)(C)C)cc5c2C4(Oc2c-3cc(C(C)C)cc2C(C)C)[n+]2ccc(-c3ccc(C(C)(C)C)cc3)cc2-5)ccc1-c1ccccc1. The molecule has 0 amide bonds. The van der Waals surface area contributed by atoms with E-state index in [1.165, 1.54) is 89.0 Å². The van der Waals surface area contributed by atoms with Crippen molar-refractivity contribution in [3.63, 3.8) is 0 Å². The third kappa shape index (κ3) is 6.15. The smallest absolute Gasteiger partial charge is 0.392 e. The molecule has 11 rings (SSSR count). The molecule has 0 aliphatic carbocycles. The lowest BCUT2D eigenvalue weighted by Gasteiger charge is -2.34. The van der Waals surface area contributed by atoms with Gasteiger partial charge < -0.3 is 4.74 Å². The minimum Gasteiger partial charge on any atom is -0.392 e. The quantitative estimate of drug-likeness (QED) is 0.146. The van der Waals surface area contributed by atoms with E-state index in [0.717, 1.165) is 29.3 Å². The highest BCUT2D eigenvalue weighted by Gasteiger charge is 2.69. The topological polar surface area (TPSA) is 21.9 Å². The number of fused-ring (bicyclic) bond motifs is 5. The molecule has 0 saturated heterocycles. The van der Waals surface area contributed by atoms with Gasteiger partial charge in [0, 0.05) is 23.3 Å². The number of benzene rings is 6. The van der Waals surface area contributed by atoms with Gasteiger partial charge in [-0.3, -0.25) is 0 Å². The number of hydrogen-bond donors (Lipinski definition) is 0. The molecule has 8 aromatic rings. The van der Waals surface area contributed by atoms with Gasteiger partial charge >= 0.3 is 11.7 Å². The second-order valence-electron chi connectivity index (χ2n) is 22.2. The number of rotatable bonds is 7. The Morgan fingerprint density at radius 1 is 0.585 bits per heavy atom. The molecule has 4 heteroatoms. The zero-order valence-corrected chi connectivity index (χ0v) is 40.4. The van der Waals surface area contributed by atoms with Gasteiger partial charge in [-0.1, -0.05) is 150 Å². The van der Waals surface area contributed by atoms with E-state index in [2.05, 4.69) is 230 Å². The first-order valence-corrected chi connectivity index (χ1v) is 24.0. The van der Waals surface area contributed by atoms with E-state index in [4.69, 9.17) is 4.74 Å². The van der Waals surface area contributed by atoms with Crippen LogP contribution in [0.5, 0.6) is 5.75 Å². The molecule has 6 aromatic carbocycles. The number of aromatic nitrogens is 3. The number of imidazole rings is 1. The minimum atomic E-state index is -1.03. The molecule has 1 atom stereocenters. The largest absolute Gasteiger partial charge is 0.499 e. The van der Waals surface area contributed by atoms with Gasteiger partial charge in [-0.05, 0) is 134 Å². The summed E-state index contributed by atoms with van der Waals surface area (Å²) in [6, 6.07) is 48.8. The summed E-state index contributed by atoms with van der Waals surface area (Å²) in [5.41, 5.74) is 22.3. The van der Waals surface area contributed by atoms with Crippen LogP contribution in [0.25, 0.3) is 72.7 Å². The fourth-order valence-electron chi connectivity index (χ4n) is 11.0. The third-order valence-corrected chi connectivity index (χ3v) is 14.4. The molecule has 0 saturated carbocycles. The fraction of sp³-hybridized carbons (Fsp3) is 0.311. The van der Waals surface area contributed by atoms with Gasteiger partial charge in [0.15, 0.2) is 23.0 Å². The third-order valence-electron chi connectivity index (χ3n) is 14.4. The predicted octanol–water partition coefficient (Wildman–Crippen LogP) is 14.8. The van der Waals surface area contributed by atoms with Crippen molar-refractivity contribution in [2.75, 3.05) is 0 Å². The number of ether oxygens (including phenoxy) is 1. The van der Waals surface area contributed by atoms with E-state index in [1.54, 1.807) is 0 Å². The molecule has 2 aromatic heterocycles. The Kier molecular flexibility index (Phi) is 9.16. The second kappa shape index (κ2) is 14.4. The second-order valence-corrected chi connectivity index (χ2v) is 22.2. The van der Waals surface area contributed by atoms with Gasteiger partial charge in [0.2, 0.25) is 5.69 Å². The average molecular weight is 854 g/mol. The molecule has 5 heterocycles. The Balaban J connectivity index is 1.28. The maximum Gasteiger partial charge on any atom is 0.499 e. The van der Waals surface area contributed by atoms with Crippen LogP contribution >= 0.6 is 0 Å². The first kappa shape index (κ1) is 41.4. The Morgan fingerprint density at radius 2 is 1.31 bits per heavy atom. The maximum absolute atomic E-state index is 8.07. The predicted molar refractivity (Wildman–Crippen MR) is 268 cm³/mol. The minimum absolute atomic E-state index is 0.0810. The van der Waals surface area contributed by atoms with Crippen LogP contribution in [0.1, 0.15) is 128 Å². The maximum atomic E-state index is 8.07. The molecular weight excluding hydrogens is 791 g/mol. The molecule has 1 unspecified atom stereocenters. The van der Waals surface area contributed by atoms with E-state index < -0.39 is 5.85 Å². The lowest BCUT2D eigenvalue weighted by atomic mass is 9.80. The van der Waals surface area contributed by atoms with Crippen LogP contribution in [0.3, 0.4) is 0 Å². The van der Waals surface area contributed by atoms with Crippen LogP contribution in [0.2, 0.25) is 0 Å². The Hall–Kier alpha value is -6.26. The van der Waals surface area contributed by atoms with Gasteiger partial charge in [-0.2, -0.15) is 4.57 Å². The molecule has 65 heavy (non-hydrogen) atoms. The highest BCUT2D eigenvalue weighted by Crippen LogP contribution is 2.56. The van der Waals surface area contributed by atoms with E-state index in [0.29, 0.717) is 11.8 Å². The molecule has 0 fully saturated rings. The monoisotopic (exact) mass is 853 g/mol. The molecule has 3 aliphatic heterocycles. The molecule has 0 N–H and O–H groups in total. The van der Waals surface area contributed by atoms with Crippen LogP contribution < -0.4 is 13.9 Å². The van der Waals surface area contributed by atoms with E-state index >= 15 is 0 Å². The zero-order valence-electron chi connectivity index (χ0n) is 40.4. The lowest BCUT2D eigenvalue weighted by Crippen LogP contribution is -2.78. The summed E-state index contributed by atoms with van der Waals surface area (Å²) in [6.45, 7) is 27.8. The van der Waals surface area contributed by atoms with Gasteiger partial charge in [-0.15, -0.1) is 9.13 Å². The number of para-hydroxylation sites is 1. The Bertz CT molecular complexity index is 3240. The molecule has 3 aliphatic rings. The average Bonchev–Trinajstić information content (AvgIpc) is 3.77. The van der Waals surface area contributed by atoms with Gasteiger partial charge in [0.25, 0.3) is 0 Å². The summed E-state index contributed by atoms with van der Waals surface area (Å²) < 4.78 is 15.7. The summed E-state index contributed by atoms with van der Waals surface area (Å²) in [7, 11) is 0. The normalized spacial score (nSPS) is 15.7. The van der Waals surface area contributed by atoms with Gasteiger partial charge in [-0.25, -0.2) is 0 Å². The van der Waals surface area contributed by atoms with Crippen molar-refractivity contribution in [1.82, 2.24) is 4.57 Å².